The first-order chi connectivity index (χ1) is 8.45. The van der Waals surface area contributed by atoms with E-state index in [1.165, 1.54) is 12.3 Å². The SMILES string of the molecule is CS(=O)(=O)c1cccc(OCc2cc(Br)cs2)c1. The summed E-state index contributed by atoms with van der Waals surface area (Å²) in [5.74, 6) is 0.558. The van der Waals surface area contributed by atoms with Gasteiger partial charge in [-0.2, -0.15) is 0 Å². The zero-order chi connectivity index (χ0) is 13.2. The molecule has 2 rings (SSSR count). The lowest BCUT2D eigenvalue weighted by Crippen LogP contribution is -1.98. The molecule has 0 saturated carbocycles. The molecule has 18 heavy (non-hydrogen) atoms. The van der Waals surface area contributed by atoms with Crippen LogP contribution < -0.4 is 4.74 Å². The maximum absolute atomic E-state index is 11.4. The molecule has 0 unspecified atom stereocenters. The fourth-order valence-electron chi connectivity index (χ4n) is 1.38. The van der Waals surface area contributed by atoms with Crippen molar-refractivity contribution in [1.82, 2.24) is 0 Å². The fraction of sp³-hybridized carbons (Fsp3) is 0.167. The van der Waals surface area contributed by atoms with Crippen LogP contribution >= 0.6 is 27.3 Å². The molecule has 3 nitrogen and oxygen atoms in total. The highest BCUT2D eigenvalue weighted by molar-refractivity contribution is 9.10. The van der Waals surface area contributed by atoms with Crippen LogP contribution in [0.5, 0.6) is 5.75 Å². The molecule has 2 aromatic rings. The van der Waals surface area contributed by atoms with Crippen molar-refractivity contribution < 1.29 is 13.2 Å². The molecule has 0 aliphatic heterocycles. The summed E-state index contributed by atoms with van der Waals surface area (Å²) in [4.78, 5) is 1.35. The van der Waals surface area contributed by atoms with Gasteiger partial charge in [-0.3, -0.25) is 0 Å². The zero-order valence-electron chi connectivity index (χ0n) is 9.59. The van der Waals surface area contributed by atoms with Crippen molar-refractivity contribution in [2.75, 3.05) is 6.26 Å². The molecule has 0 aliphatic carbocycles. The number of hydrogen-bond acceptors (Lipinski definition) is 4. The number of benzene rings is 1. The average Bonchev–Trinajstić information content (AvgIpc) is 2.72. The van der Waals surface area contributed by atoms with Crippen LogP contribution in [0, 0.1) is 0 Å². The standard InChI is InChI=1S/C12H11BrO3S2/c1-18(14,15)12-4-2-3-10(6-12)16-7-11-5-9(13)8-17-11/h2-6,8H,7H2,1H3. The van der Waals surface area contributed by atoms with Gasteiger partial charge in [-0.25, -0.2) is 8.42 Å². The number of thiophene rings is 1. The van der Waals surface area contributed by atoms with Crippen molar-refractivity contribution in [1.29, 1.82) is 0 Å². The minimum atomic E-state index is -3.19. The molecular formula is C12H11BrO3S2. The second kappa shape index (κ2) is 5.42. The second-order valence-corrected chi connectivity index (χ2v) is 7.69. The molecule has 0 spiro atoms. The third-order valence-electron chi connectivity index (χ3n) is 2.24. The zero-order valence-corrected chi connectivity index (χ0v) is 12.8. The number of halogens is 1. The third-order valence-corrected chi connectivity index (χ3v) is 5.02. The minimum Gasteiger partial charge on any atom is -0.488 e. The van der Waals surface area contributed by atoms with Gasteiger partial charge < -0.3 is 4.74 Å². The van der Waals surface area contributed by atoms with Gasteiger partial charge in [0.1, 0.15) is 12.4 Å². The summed E-state index contributed by atoms with van der Waals surface area (Å²) in [6, 6.07) is 8.50. The average molecular weight is 347 g/mol. The van der Waals surface area contributed by atoms with Crippen LogP contribution in [-0.2, 0) is 16.4 Å². The Balaban J connectivity index is 2.11. The van der Waals surface area contributed by atoms with Crippen LogP contribution in [0.2, 0.25) is 0 Å². The molecule has 0 saturated heterocycles. The summed E-state index contributed by atoms with van der Waals surface area (Å²) < 4.78 is 29.4. The molecular weight excluding hydrogens is 336 g/mol. The maximum atomic E-state index is 11.4. The highest BCUT2D eigenvalue weighted by atomic mass is 79.9. The van der Waals surface area contributed by atoms with Crippen molar-refractivity contribution in [2.24, 2.45) is 0 Å². The van der Waals surface area contributed by atoms with Gasteiger partial charge in [-0.05, 0) is 40.2 Å². The first-order valence-electron chi connectivity index (χ1n) is 5.11. The van der Waals surface area contributed by atoms with E-state index in [1.807, 2.05) is 11.4 Å². The number of sulfone groups is 1. The molecule has 1 heterocycles. The Bertz CT molecular complexity index is 647. The maximum Gasteiger partial charge on any atom is 0.175 e. The summed E-state index contributed by atoms with van der Waals surface area (Å²) in [6.07, 6.45) is 1.18. The number of rotatable bonds is 4. The third kappa shape index (κ3) is 3.57. The van der Waals surface area contributed by atoms with E-state index in [0.717, 1.165) is 9.35 Å². The lowest BCUT2D eigenvalue weighted by Gasteiger charge is -2.06. The van der Waals surface area contributed by atoms with E-state index in [4.69, 9.17) is 4.74 Å². The Labute approximate surface area is 118 Å². The van der Waals surface area contributed by atoms with Gasteiger partial charge in [-0.1, -0.05) is 6.07 Å². The van der Waals surface area contributed by atoms with Crippen molar-refractivity contribution in [3.05, 3.63) is 45.1 Å². The summed E-state index contributed by atoms with van der Waals surface area (Å²) >= 11 is 4.96. The summed E-state index contributed by atoms with van der Waals surface area (Å²) in [5, 5.41) is 1.98. The van der Waals surface area contributed by atoms with Gasteiger partial charge >= 0.3 is 0 Å². The van der Waals surface area contributed by atoms with Crippen LogP contribution in [0.25, 0.3) is 0 Å². The Kier molecular flexibility index (Phi) is 4.09. The Morgan fingerprint density at radius 1 is 1.33 bits per heavy atom. The van der Waals surface area contributed by atoms with Gasteiger partial charge in [0.15, 0.2) is 9.84 Å². The number of hydrogen-bond donors (Lipinski definition) is 0. The Morgan fingerprint density at radius 2 is 2.11 bits per heavy atom. The van der Waals surface area contributed by atoms with E-state index in [2.05, 4.69) is 15.9 Å². The van der Waals surface area contributed by atoms with Gasteiger partial charge in [-0.15, -0.1) is 11.3 Å². The van der Waals surface area contributed by atoms with E-state index in [0.29, 0.717) is 12.4 Å². The van der Waals surface area contributed by atoms with Crippen LogP contribution in [0.4, 0.5) is 0 Å². The first kappa shape index (κ1) is 13.6. The largest absolute Gasteiger partial charge is 0.488 e. The molecule has 0 aliphatic rings. The Hall–Kier alpha value is -0.850. The smallest absolute Gasteiger partial charge is 0.175 e. The highest BCUT2D eigenvalue weighted by Gasteiger charge is 2.08. The van der Waals surface area contributed by atoms with E-state index in [1.54, 1.807) is 29.5 Å². The molecule has 0 N–H and O–H groups in total. The van der Waals surface area contributed by atoms with E-state index in [9.17, 15) is 8.42 Å². The lowest BCUT2D eigenvalue weighted by molar-refractivity contribution is 0.309. The Morgan fingerprint density at radius 3 is 2.72 bits per heavy atom. The lowest BCUT2D eigenvalue weighted by atomic mass is 10.3. The monoisotopic (exact) mass is 346 g/mol. The summed E-state index contributed by atoms with van der Waals surface area (Å²) in [5.41, 5.74) is 0. The molecule has 6 heteroatoms. The van der Waals surface area contributed by atoms with Gasteiger partial charge in [0.05, 0.1) is 4.90 Å². The number of ether oxygens (including phenoxy) is 1. The molecule has 0 fully saturated rings. The molecule has 0 amide bonds. The van der Waals surface area contributed by atoms with E-state index < -0.39 is 9.84 Å². The predicted octanol–water partition coefficient (Wildman–Crippen LogP) is 3.49. The quantitative estimate of drug-likeness (QED) is 0.850. The van der Waals surface area contributed by atoms with Crippen molar-refractivity contribution >= 4 is 37.1 Å². The molecule has 1 aromatic carbocycles. The molecule has 0 bridgehead atoms. The van der Waals surface area contributed by atoms with E-state index in [-0.39, 0.29) is 4.90 Å². The van der Waals surface area contributed by atoms with Gasteiger partial charge in [0.2, 0.25) is 0 Å². The highest BCUT2D eigenvalue weighted by Crippen LogP contribution is 2.23. The molecule has 96 valence electrons. The molecule has 0 atom stereocenters. The normalized spacial score (nSPS) is 11.4. The van der Waals surface area contributed by atoms with E-state index >= 15 is 0 Å². The van der Waals surface area contributed by atoms with Crippen LogP contribution in [0.3, 0.4) is 0 Å². The van der Waals surface area contributed by atoms with Crippen LogP contribution in [0.15, 0.2) is 45.1 Å². The summed E-state index contributed by atoms with van der Waals surface area (Å²) in [6.45, 7) is 0.434. The minimum absolute atomic E-state index is 0.271. The fourth-order valence-corrected chi connectivity index (χ4v) is 3.40. The van der Waals surface area contributed by atoms with Crippen molar-refractivity contribution in [2.45, 2.75) is 11.5 Å². The predicted molar refractivity (Wildman–Crippen MR) is 75.9 cm³/mol. The topological polar surface area (TPSA) is 43.4 Å². The van der Waals surface area contributed by atoms with Gasteiger partial charge in [0.25, 0.3) is 0 Å². The second-order valence-electron chi connectivity index (χ2n) is 3.77. The first-order valence-corrected chi connectivity index (χ1v) is 8.67. The van der Waals surface area contributed by atoms with Gasteiger partial charge in [0, 0.05) is 21.0 Å². The van der Waals surface area contributed by atoms with Crippen molar-refractivity contribution in [3.63, 3.8) is 0 Å². The van der Waals surface area contributed by atoms with Crippen molar-refractivity contribution in [3.8, 4) is 5.75 Å². The van der Waals surface area contributed by atoms with Crippen LogP contribution in [0.1, 0.15) is 4.88 Å². The molecule has 0 radical (unpaired) electrons. The summed E-state index contributed by atoms with van der Waals surface area (Å²) in [7, 11) is -3.19. The molecule has 1 aromatic heterocycles. The van der Waals surface area contributed by atoms with Crippen LogP contribution in [-0.4, -0.2) is 14.7 Å².